The Morgan fingerprint density at radius 2 is 2.39 bits per heavy atom. The van der Waals surface area contributed by atoms with Crippen molar-refractivity contribution in [2.24, 2.45) is 0 Å². The van der Waals surface area contributed by atoms with Crippen molar-refractivity contribution in [3.8, 4) is 0 Å². The fraction of sp³-hybridized carbons (Fsp3) is 0.500. The first-order chi connectivity index (χ1) is 8.83. The van der Waals surface area contributed by atoms with Crippen LogP contribution in [-0.4, -0.2) is 35.8 Å². The van der Waals surface area contributed by atoms with E-state index in [1.807, 2.05) is 23.2 Å². The summed E-state index contributed by atoms with van der Waals surface area (Å²) in [5.41, 5.74) is 1.24. The van der Waals surface area contributed by atoms with Gasteiger partial charge in [-0.3, -0.25) is 0 Å². The lowest BCUT2D eigenvalue weighted by Gasteiger charge is -2.21. The lowest BCUT2D eigenvalue weighted by atomic mass is 10.2. The predicted octanol–water partition coefficient (Wildman–Crippen LogP) is 1.32. The molecule has 0 unspecified atom stereocenters. The van der Waals surface area contributed by atoms with Gasteiger partial charge in [0, 0.05) is 31.9 Å². The smallest absolute Gasteiger partial charge is 0.129 e. The summed E-state index contributed by atoms with van der Waals surface area (Å²) in [4.78, 5) is 6.38. The van der Waals surface area contributed by atoms with E-state index in [9.17, 15) is 0 Å². The van der Waals surface area contributed by atoms with Crippen LogP contribution in [0.5, 0.6) is 0 Å². The minimum absolute atomic E-state index is 0.125. The van der Waals surface area contributed by atoms with E-state index in [4.69, 9.17) is 5.11 Å². The van der Waals surface area contributed by atoms with Gasteiger partial charge in [-0.25, -0.2) is 4.98 Å². The standard InChI is InChI=1S/C14H21N3O/c1-2-7-17(8-9-18)14-10-12(5-6-15-14)11-16-13-3-4-13/h2,5-6,10,13,16,18H,1,3-4,7-9,11H2. The van der Waals surface area contributed by atoms with Crippen molar-refractivity contribution in [3.05, 3.63) is 36.5 Å². The van der Waals surface area contributed by atoms with Crippen LogP contribution in [-0.2, 0) is 6.54 Å². The van der Waals surface area contributed by atoms with Gasteiger partial charge in [0.05, 0.1) is 6.61 Å². The number of aliphatic hydroxyl groups is 1. The molecule has 0 spiro atoms. The van der Waals surface area contributed by atoms with E-state index >= 15 is 0 Å². The number of nitrogens with one attached hydrogen (secondary N) is 1. The van der Waals surface area contributed by atoms with Gasteiger partial charge < -0.3 is 15.3 Å². The van der Waals surface area contributed by atoms with Crippen LogP contribution in [0, 0.1) is 0 Å². The zero-order chi connectivity index (χ0) is 12.8. The molecule has 0 saturated heterocycles. The number of pyridine rings is 1. The van der Waals surface area contributed by atoms with Gasteiger partial charge in [0.1, 0.15) is 5.82 Å². The Balaban J connectivity index is 2.00. The maximum absolute atomic E-state index is 9.06. The highest BCUT2D eigenvalue weighted by atomic mass is 16.3. The Labute approximate surface area is 108 Å². The predicted molar refractivity (Wildman–Crippen MR) is 73.6 cm³/mol. The van der Waals surface area contributed by atoms with Crippen LogP contribution < -0.4 is 10.2 Å². The van der Waals surface area contributed by atoms with Crippen LogP contribution in [0.2, 0.25) is 0 Å². The average Bonchev–Trinajstić information content (AvgIpc) is 3.21. The fourth-order valence-corrected chi connectivity index (χ4v) is 1.87. The van der Waals surface area contributed by atoms with E-state index in [1.54, 1.807) is 0 Å². The first-order valence-corrected chi connectivity index (χ1v) is 6.48. The molecule has 4 nitrogen and oxygen atoms in total. The number of aromatic nitrogens is 1. The Morgan fingerprint density at radius 3 is 3.06 bits per heavy atom. The number of anilines is 1. The van der Waals surface area contributed by atoms with Crippen molar-refractivity contribution < 1.29 is 5.11 Å². The highest BCUT2D eigenvalue weighted by Gasteiger charge is 2.20. The van der Waals surface area contributed by atoms with Crippen molar-refractivity contribution in [1.29, 1.82) is 0 Å². The third-order valence-corrected chi connectivity index (χ3v) is 3.03. The molecule has 0 bridgehead atoms. The minimum Gasteiger partial charge on any atom is -0.395 e. The molecular formula is C14H21N3O. The molecule has 0 aromatic carbocycles. The molecule has 2 N–H and O–H groups in total. The molecule has 0 radical (unpaired) electrons. The maximum atomic E-state index is 9.06. The van der Waals surface area contributed by atoms with Gasteiger partial charge in [0.2, 0.25) is 0 Å². The van der Waals surface area contributed by atoms with E-state index in [-0.39, 0.29) is 6.61 Å². The average molecular weight is 247 g/mol. The molecule has 1 aromatic heterocycles. The van der Waals surface area contributed by atoms with E-state index in [0.717, 1.165) is 12.4 Å². The topological polar surface area (TPSA) is 48.4 Å². The summed E-state index contributed by atoms with van der Waals surface area (Å²) in [6.07, 6.45) is 6.25. The lowest BCUT2D eigenvalue weighted by molar-refractivity contribution is 0.302. The Bertz CT molecular complexity index is 390. The zero-order valence-corrected chi connectivity index (χ0v) is 10.7. The first-order valence-electron chi connectivity index (χ1n) is 6.48. The summed E-state index contributed by atoms with van der Waals surface area (Å²) < 4.78 is 0. The Morgan fingerprint density at radius 1 is 1.56 bits per heavy atom. The van der Waals surface area contributed by atoms with Crippen molar-refractivity contribution in [3.63, 3.8) is 0 Å². The molecule has 1 fully saturated rings. The molecule has 1 aliphatic rings. The summed E-state index contributed by atoms with van der Waals surface area (Å²) in [6, 6.07) is 4.82. The molecule has 0 aliphatic heterocycles. The highest BCUT2D eigenvalue weighted by Crippen LogP contribution is 2.20. The molecule has 1 heterocycles. The SMILES string of the molecule is C=CCN(CCO)c1cc(CNC2CC2)ccn1. The fourth-order valence-electron chi connectivity index (χ4n) is 1.87. The van der Waals surface area contributed by atoms with Crippen LogP contribution in [0.4, 0.5) is 5.82 Å². The van der Waals surface area contributed by atoms with Crippen LogP contribution in [0.25, 0.3) is 0 Å². The Kier molecular flexibility index (Phi) is 4.73. The van der Waals surface area contributed by atoms with Crippen LogP contribution in [0.1, 0.15) is 18.4 Å². The molecule has 1 aliphatic carbocycles. The molecule has 2 rings (SSSR count). The van der Waals surface area contributed by atoms with Crippen molar-refractivity contribution in [1.82, 2.24) is 10.3 Å². The van der Waals surface area contributed by atoms with Gasteiger partial charge in [-0.1, -0.05) is 6.08 Å². The van der Waals surface area contributed by atoms with Crippen molar-refractivity contribution in [2.45, 2.75) is 25.4 Å². The molecule has 1 saturated carbocycles. The summed E-state index contributed by atoms with van der Waals surface area (Å²) in [5.74, 6) is 0.902. The van der Waals surface area contributed by atoms with E-state index < -0.39 is 0 Å². The molecule has 1 aromatic rings. The normalized spacial score (nSPS) is 14.5. The second-order valence-electron chi connectivity index (χ2n) is 4.64. The number of aliphatic hydroxyl groups excluding tert-OH is 1. The summed E-state index contributed by atoms with van der Waals surface area (Å²) >= 11 is 0. The largest absolute Gasteiger partial charge is 0.395 e. The quantitative estimate of drug-likeness (QED) is 0.680. The van der Waals surface area contributed by atoms with E-state index in [1.165, 1.54) is 18.4 Å². The van der Waals surface area contributed by atoms with Gasteiger partial charge >= 0.3 is 0 Å². The third kappa shape index (κ3) is 3.82. The van der Waals surface area contributed by atoms with Gasteiger partial charge in [0.25, 0.3) is 0 Å². The first kappa shape index (κ1) is 13.1. The molecule has 98 valence electrons. The van der Waals surface area contributed by atoms with Crippen molar-refractivity contribution in [2.75, 3.05) is 24.6 Å². The van der Waals surface area contributed by atoms with Gasteiger partial charge in [-0.2, -0.15) is 0 Å². The highest BCUT2D eigenvalue weighted by molar-refractivity contribution is 5.41. The number of nitrogens with zero attached hydrogens (tertiary/aromatic N) is 2. The molecule has 4 heteroatoms. The van der Waals surface area contributed by atoms with Crippen LogP contribution in [0.3, 0.4) is 0 Å². The van der Waals surface area contributed by atoms with Crippen LogP contribution in [0.15, 0.2) is 31.0 Å². The Hall–Kier alpha value is -1.39. The summed E-state index contributed by atoms with van der Waals surface area (Å²) in [7, 11) is 0. The van der Waals surface area contributed by atoms with Crippen LogP contribution >= 0.6 is 0 Å². The van der Waals surface area contributed by atoms with Gasteiger partial charge in [-0.15, -0.1) is 6.58 Å². The summed E-state index contributed by atoms with van der Waals surface area (Å²) in [6.45, 7) is 6.03. The molecule has 0 amide bonds. The lowest BCUT2D eigenvalue weighted by Crippen LogP contribution is -2.27. The third-order valence-electron chi connectivity index (χ3n) is 3.03. The zero-order valence-electron chi connectivity index (χ0n) is 10.7. The van der Waals surface area contributed by atoms with E-state index in [2.05, 4.69) is 22.9 Å². The second-order valence-corrected chi connectivity index (χ2v) is 4.64. The van der Waals surface area contributed by atoms with E-state index in [0.29, 0.717) is 19.1 Å². The monoisotopic (exact) mass is 247 g/mol. The number of hydrogen-bond donors (Lipinski definition) is 2. The minimum atomic E-state index is 0.125. The molecular weight excluding hydrogens is 226 g/mol. The van der Waals surface area contributed by atoms with Crippen molar-refractivity contribution >= 4 is 5.82 Å². The van der Waals surface area contributed by atoms with Gasteiger partial charge in [-0.05, 0) is 30.5 Å². The second kappa shape index (κ2) is 6.52. The number of hydrogen-bond acceptors (Lipinski definition) is 4. The number of rotatable bonds is 8. The maximum Gasteiger partial charge on any atom is 0.129 e. The summed E-state index contributed by atoms with van der Waals surface area (Å²) in [5, 5.41) is 12.5. The molecule has 18 heavy (non-hydrogen) atoms. The molecule has 0 atom stereocenters. The van der Waals surface area contributed by atoms with Gasteiger partial charge in [0.15, 0.2) is 0 Å².